The second-order valence-electron chi connectivity index (χ2n) is 2.69. The number of carbonyl (C=O) groups excluding carboxylic acids is 1. The highest BCUT2D eigenvalue weighted by Gasteiger charge is 2.36. The number of nitrogens with two attached hydrogens (primary N) is 1. The van der Waals surface area contributed by atoms with Crippen molar-refractivity contribution in [2.24, 2.45) is 5.73 Å². The first kappa shape index (κ1) is 8.32. The summed E-state index contributed by atoms with van der Waals surface area (Å²) in [5, 5.41) is -0.407. The average Bonchev–Trinajstić information content (AvgIpc) is 1.51. The molecule has 1 rings (SSSR count). The minimum Gasteiger partial charge on any atom is -0.351 e. The van der Waals surface area contributed by atoms with Gasteiger partial charge in [-0.25, -0.2) is 13.2 Å². The van der Waals surface area contributed by atoms with Gasteiger partial charge in [-0.2, -0.15) is 0 Å². The number of nitrogens with zero attached hydrogens (tertiary/aromatic N) is 1. The highest BCUT2D eigenvalue weighted by atomic mass is 32.2. The van der Waals surface area contributed by atoms with Crippen LogP contribution in [0.2, 0.25) is 0 Å². The molecular formula is C5H10N2O3S. The van der Waals surface area contributed by atoms with Gasteiger partial charge in [-0.3, -0.25) is 0 Å². The average molecular weight is 178 g/mol. The molecule has 2 N–H and O–H groups in total. The van der Waals surface area contributed by atoms with Crippen LogP contribution in [0.15, 0.2) is 0 Å². The lowest BCUT2D eigenvalue weighted by Crippen LogP contribution is -2.58. The van der Waals surface area contributed by atoms with Crippen LogP contribution in [0.1, 0.15) is 0 Å². The van der Waals surface area contributed by atoms with E-state index in [0.717, 1.165) is 6.26 Å². The van der Waals surface area contributed by atoms with Gasteiger partial charge < -0.3 is 10.6 Å². The van der Waals surface area contributed by atoms with Gasteiger partial charge in [0.25, 0.3) is 0 Å². The third-order valence-corrected chi connectivity index (χ3v) is 3.27. The molecule has 1 heterocycles. The van der Waals surface area contributed by atoms with Crippen molar-refractivity contribution in [3.63, 3.8) is 0 Å². The summed E-state index contributed by atoms with van der Waals surface area (Å²) >= 11 is 0. The van der Waals surface area contributed by atoms with Crippen LogP contribution in [0.3, 0.4) is 0 Å². The van der Waals surface area contributed by atoms with Gasteiger partial charge in [-0.15, -0.1) is 0 Å². The van der Waals surface area contributed by atoms with Gasteiger partial charge in [0.2, 0.25) is 0 Å². The van der Waals surface area contributed by atoms with Crippen molar-refractivity contribution in [3.05, 3.63) is 0 Å². The molecule has 6 heteroatoms. The molecule has 0 aromatic heterocycles. The Morgan fingerprint density at radius 1 is 1.55 bits per heavy atom. The molecular weight excluding hydrogens is 168 g/mol. The number of primary amides is 1. The third-order valence-electron chi connectivity index (χ3n) is 1.77. The Morgan fingerprint density at radius 3 is 2.27 bits per heavy atom. The number of likely N-dealkylation sites (tertiary alicyclic amines) is 1. The first-order valence-electron chi connectivity index (χ1n) is 3.14. The Morgan fingerprint density at radius 2 is 2.00 bits per heavy atom. The number of rotatable bonds is 1. The van der Waals surface area contributed by atoms with E-state index in [4.69, 9.17) is 5.73 Å². The van der Waals surface area contributed by atoms with Crippen molar-refractivity contribution in [1.82, 2.24) is 4.90 Å². The van der Waals surface area contributed by atoms with Crippen molar-refractivity contribution in [2.45, 2.75) is 5.25 Å². The van der Waals surface area contributed by atoms with E-state index < -0.39 is 21.1 Å². The van der Waals surface area contributed by atoms with E-state index in [1.807, 2.05) is 0 Å². The third kappa shape index (κ3) is 1.62. The number of amides is 2. The van der Waals surface area contributed by atoms with Crippen molar-refractivity contribution >= 4 is 15.9 Å². The maximum atomic E-state index is 10.8. The molecule has 0 unspecified atom stereocenters. The lowest BCUT2D eigenvalue weighted by molar-refractivity contribution is 0.179. The van der Waals surface area contributed by atoms with Gasteiger partial charge in [0.05, 0.1) is 5.25 Å². The second kappa shape index (κ2) is 2.37. The summed E-state index contributed by atoms with van der Waals surface area (Å²) in [4.78, 5) is 11.7. The maximum Gasteiger partial charge on any atom is 0.314 e. The summed E-state index contributed by atoms with van der Waals surface area (Å²) in [7, 11) is -2.98. The van der Waals surface area contributed by atoms with Gasteiger partial charge in [0.15, 0.2) is 9.84 Å². The Balaban J connectivity index is 2.48. The zero-order valence-electron chi connectivity index (χ0n) is 6.15. The Labute approximate surface area is 65.1 Å². The monoisotopic (exact) mass is 178 g/mol. The van der Waals surface area contributed by atoms with E-state index >= 15 is 0 Å². The molecule has 5 nitrogen and oxygen atoms in total. The minimum absolute atomic E-state index is 0.244. The van der Waals surface area contributed by atoms with Crippen molar-refractivity contribution in [3.8, 4) is 0 Å². The van der Waals surface area contributed by atoms with Gasteiger partial charge in [0, 0.05) is 19.3 Å². The molecule has 0 bridgehead atoms. The normalized spacial score (nSPS) is 19.5. The van der Waals surface area contributed by atoms with Crippen molar-refractivity contribution < 1.29 is 13.2 Å². The number of urea groups is 1. The highest BCUT2D eigenvalue weighted by molar-refractivity contribution is 7.91. The van der Waals surface area contributed by atoms with Crippen LogP contribution in [-0.2, 0) is 9.84 Å². The topological polar surface area (TPSA) is 80.5 Å². The van der Waals surface area contributed by atoms with Crippen LogP contribution in [0, 0.1) is 0 Å². The predicted octanol–water partition coefficient (Wildman–Crippen LogP) is -1.21. The molecule has 1 aliphatic rings. The summed E-state index contributed by atoms with van der Waals surface area (Å²) in [6.07, 6.45) is 1.16. The molecule has 64 valence electrons. The molecule has 0 saturated carbocycles. The maximum absolute atomic E-state index is 10.8. The molecule has 11 heavy (non-hydrogen) atoms. The Bertz CT molecular complexity index is 265. The van der Waals surface area contributed by atoms with E-state index in [1.165, 1.54) is 4.90 Å². The molecule has 1 fully saturated rings. The number of sulfone groups is 1. The summed E-state index contributed by atoms with van der Waals surface area (Å²) in [6.45, 7) is 0.488. The van der Waals surface area contributed by atoms with E-state index in [2.05, 4.69) is 0 Å². The fourth-order valence-electron chi connectivity index (χ4n) is 0.889. The first-order chi connectivity index (χ1) is 4.91. The highest BCUT2D eigenvalue weighted by Crippen LogP contribution is 2.14. The molecule has 0 atom stereocenters. The molecule has 0 aromatic carbocycles. The molecule has 0 aliphatic carbocycles. The zero-order valence-corrected chi connectivity index (χ0v) is 6.97. The molecule has 2 amide bonds. The molecule has 0 radical (unpaired) electrons. The van der Waals surface area contributed by atoms with Crippen LogP contribution in [0.4, 0.5) is 4.79 Å². The van der Waals surface area contributed by atoms with Crippen LogP contribution in [0.5, 0.6) is 0 Å². The van der Waals surface area contributed by atoms with Gasteiger partial charge in [-0.1, -0.05) is 0 Å². The fraction of sp³-hybridized carbons (Fsp3) is 0.800. The van der Waals surface area contributed by atoms with Crippen molar-refractivity contribution in [2.75, 3.05) is 19.3 Å². The first-order valence-corrected chi connectivity index (χ1v) is 5.10. The summed E-state index contributed by atoms with van der Waals surface area (Å²) in [5.41, 5.74) is 4.90. The number of hydrogen-bond donors (Lipinski definition) is 1. The van der Waals surface area contributed by atoms with E-state index in [-0.39, 0.29) is 13.1 Å². The second-order valence-corrected chi connectivity index (χ2v) is 5.02. The summed E-state index contributed by atoms with van der Waals surface area (Å²) in [5.74, 6) is 0. The Hall–Kier alpha value is -0.780. The molecule has 1 aliphatic heterocycles. The zero-order chi connectivity index (χ0) is 8.65. The van der Waals surface area contributed by atoms with Gasteiger partial charge in [-0.05, 0) is 0 Å². The van der Waals surface area contributed by atoms with E-state index in [0.29, 0.717) is 0 Å². The number of hydrogen-bond acceptors (Lipinski definition) is 3. The van der Waals surface area contributed by atoms with Crippen molar-refractivity contribution in [1.29, 1.82) is 0 Å². The van der Waals surface area contributed by atoms with Crippen LogP contribution >= 0.6 is 0 Å². The van der Waals surface area contributed by atoms with Crippen LogP contribution < -0.4 is 5.73 Å². The molecule has 1 saturated heterocycles. The van der Waals surface area contributed by atoms with Gasteiger partial charge in [0.1, 0.15) is 0 Å². The lowest BCUT2D eigenvalue weighted by Gasteiger charge is -2.36. The standard InChI is InChI=1S/C5H10N2O3S/c1-11(9,10)4-2-7(3-4)5(6)8/h4H,2-3H2,1H3,(H2,6,8). The van der Waals surface area contributed by atoms with E-state index in [9.17, 15) is 13.2 Å². The SMILES string of the molecule is CS(=O)(=O)C1CN(C(N)=O)C1. The van der Waals surface area contributed by atoms with Crippen LogP contribution in [0.25, 0.3) is 0 Å². The fourth-order valence-corrected chi connectivity index (χ4v) is 1.79. The quantitative estimate of drug-likeness (QED) is 0.547. The number of carbonyl (C=O) groups is 1. The van der Waals surface area contributed by atoms with Crippen LogP contribution in [-0.4, -0.2) is 43.9 Å². The molecule has 0 aromatic rings. The summed E-state index contributed by atoms with van der Waals surface area (Å²) in [6, 6.07) is -0.551. The smallest absolute Gasteiger partial charge is 0.314 e. The lowest BCUT2D eigenvalue weighted by atomic mass is 10.2. The molecule has 0 spiro atoms. The summed E-state index contributed by atoms with van der Waals surface area (Å²) < 4.78 is 21.6. The van der Waals surface area contributed by atoms with E-state index in [1.54, 1.807) is 0 Å². The largest absolute Gasteiger partial charge is 0.351 e. The predicted molar refractivity (Wildman–Crippen MR) is 39.8 cm³/mol. The Kier molecular flexibility index (Phi) is 1.79. The minimum atomic E-state index is -2.98. The van der Waals surface area contributed by atoms with Gasteiger partial charge >= 0.3 is 6.03 Å².